The van der Waals surface area contributed by atoms with E-state index in [0.717, 1.165) is 24.4 Å². The molecule has 0 saturated carbocycles. The second kappa shape index (κ2) is 7.96. The Morgan fingerprint density at radius 1 is 1.09 bits per heavy atom. The summed E-state index contributed by atoms with van der Waals surface area (Å²) in [6.45, 7) is 11.4. The van der Waals surface area contributed by atoms with Gasteiger partial charge >= 0.3 is 0 Å². The van der Waals surface area contributed by atoms with Crippen LogP contribution in [0.2, 0.25) is 0 Å². The van der Waals surface area contributed by atoms with Crippen LogP contribution in [0.4, 0.5) is 0 Å². The van der Waals surface area contributed by atoms with Crippen LogP contribution in [0.15, 0.2) is 46.6 Å². The molecule has 0 aliphatic heterocycles. The van der Waals surface area contributed by atoms with Crippen LogP contribution in [0.5, 0.6) is 0 Å². The summed E-state index contributed by atoms with van der Waals surface area (Å²) in [5.41, 5.74) is 2.68. The smallest absolute Gasteiger partial charge is 0.192 e. The summed E-state index contributed by atoms with van der Waals surface area (Å²) in [5.74, 6) is 0.498. The highest BCUT2D eigenvalue weighted by Crippen LogP contribution is 2.37. The Kier molecular flexibility index (Phi) is 6.23. The minimum Gasteiger partial charge on any atom is -0.231 e. The summed E-state index contributed by atoms with van der Waals surface area (Å²) in [7, 11) is 0. The Bertz CT molecular complexity index is 621. The number of hydrogen-bond acceptors (Lipinski definition) is 3. The first-order valence-corrected chi connectivity index (χ1v) is 9.46. The van der Waals surface area contributed by atoms with Gasteiger partial charge < -0.3 is 0 Å². The minimum absolute atomic E-state index is 0.119. The third kappa shape index (κ3) is 4.14. The summed E-state index contributed by atoms with van der Waals surface area (Å²) in [6.07, 6.45) is 5.37. The van der Waals surface area contributed by atoms with E-state index in [2.05, 4.69) is 70.1 Å². The number of hydrogen-bond donors (Lipinski definition) is 0. The molecule has 2 rings (SSSR count). The molecule has 0 aliphatic rings. The summed E-state index contributed by atoms with van der Waals surface area (Å²) >= 11 is 1.64. The molecule has 1 aromatic carbocycles. The molecular weight excluding hydrogens is 300 g/mol. The second-order valence-electron chi connectivity index (χ2n) is 6.45. The molecule has 2 aromatic rings. The zero-order valence-electron chi connectivity index (χ0n) is 15.0. The number of benzene rings is 1. The van der Waals surface area contributed by atoms with Crippen molar-refractivity contribution in [1.82, 2.24) is 9.97 Å². The van der Waals surface area contributed by atoms with Crippen LogP contribution in [0.25, 0.3) is 0 Å². The van der Waals surface area contributed by atoms with Gasteiger partial charge in [0.15, 0.2) is 5.16 Å². The van der Waals surface area contributed by atoms with Crippen molar-refractivity contribution in [1.29, 1.82) is 0 Å². The SMILES string of the molecule is CCC(C)c1cnc(Sc2ccccc2)nc1C(C)(CC)CC. The fourth-order valence-corrected chi connectivity index (χ4v) is 3.41. The van der Waals surface area contributed by atoms with E-state index in [4.69, 9.17) is 4.98 Å². The maximum absolute atomic E-state index is 5.00. The Morgan fingerprint density at radius 2 is 1.74 bits per heavy atom. The Morgan fingerprint density at radius 3 is 2.30 bits per heavy atom. The van der Waals surface area contributed by atoms with E-state index in [9.17, 15) is 0 Å². The second-order valence-corrected chi connectivity index (χ2v) is 7.49. The molecule has 3 heteroatoms. The summed E-state index contributed by atoms with van der Waals surface area (Å²) in [4.78, 5) is 10.8. The minimum atomic E-state index is 0.119. The molecule has 23 heavy (non-hydrogen) atoms. The van der Waals surface area contributed by atoms with Gasteiger partial charge in [0.25, 0.3) is 0 Å². The van der Waals surface area contributed by atoms with Crippen molar-refractivity contribution in [2.75, 3.05) is 0 Å². The fraction of sp³-hybridized carbons (Fsp3) is 0.500. The van der Waals surface area contributed by atoms with E-state index in [1.807, 2.05) is 6.07 Å². The molecule has 2 nitrogen and oxygen atoms in total. The van der Waals surface area contributed by atoms with Crippen molar-refractivity contribution in [3.05, 3.63) is 47.8 Å². The van der Waals surface area contributed by atoms with E-state index in [1.54, 1.807) is 11.8 Å². The first-order valence-electron chi connectivity index (χ1n) is 8.64. The molecule has 0 aliphatic carbocycles. The van der Waals surface area contributed by atoms with E-state index in [1.165, 1.54) is 16.2 Å². The van der Waals surface area contributed by atoms with Gasteiger partial charge in [0, 0.05) is 16.5 Å². The van der Waals surface area contributed by atoms with Crippen LogP contribution in [0, 0.1) is 0 Å². The van der Waals surface area contributed by atoms with Crippen LogP contribution in [-0.4, -0.2) is 9.97 Å². The van der Waals surface area contributed by atoms with E-state index >= 15 is 0 Å². The van der Waals surface area contributed by atoms with E-state index in [-0.39, 0.29) is 5.41 Å². The van der Waals surface area contributed by atoms with E-state index < -0.39 is 0 Å². The maximum atomic E-state index is 5.00. The normalized spacial score (nSPS) is 13.1. The topological polar surface area (TPSA) is 25.8 Å². The molecule has 0 N–H and O–H groups in total. The maximum Gasteiger partial charge on any atom is 0.192 e. The Hall–Kier alpha value is -1.35. The standard InChI is InChI=1S/C20H28N2S/c1-6-15(4)17-14-21-19(23-16-12-10-9-11-13-16)22-18(17)20(5,7-2)8-3/h9-15H,6-8H2,1-5H3. The Balaban J connectivity index is 2.44. The van der Waals surface area contributed by atoms with Gasteiger partial charge in [-0.3, -0.25) is 0 Å². The quantitative estimate of drug-likeness (QED) is 0.564. The molecule has 0 bridgehead atoms. The number of aromatic nitrogens is 2. The summed E-state index contributed by atoms with van der Waals surface area (Å²) in [6, 6.07) is 10.4. The first-order chi connectivity index (χ1) is 11.0. The zero-order chi connectivity index (χ0) is 16.9. The molecule has 0 fully saturated rings. The van der Waals surface area contributed by atoms with Crippen molar-refractivity contribution >= 4 is 11.8 Å². The van der Waals surface area contributed by atoms with Gasteiger partial charge in [0.2, 0.25) is 0 Å². The highest BCUT2D eigenvalue weighted by atomic mass is 32.2. The van der Waals surface area contributed by atoms with Crippen LogP contribution in [-0.2, 0) is 5.41 Å². The number of nitrogens with zero attached hydrogens (tertiary/aromatic N) is 2. The lowest BCUT2D eigenvalue weighted by Crippen LogP contribution is -2.24. The van der Waals surface area contributed by atoms with Crippen LogP contribution in [0.1, 0.15) is 71.1 Å². The van der Waals surface area contributed by atoms with Crippen molar-refractivity contribution < 1.29 is 0 Å². The Labute approximate surface area is 145 Å². The lowest BCUT2D eigenvalue weighted by Gasteiger charge is -2.30. The molecule has 0 saturated heterocycles. The van der Waals surface area contributed by atoms with Gasteiger partial charge in [0.05, 0.1) is 5.69 Å². The molecule has 0 radical (unpaired) electrons. The fourth-order valence-electron chi connectivity index (χ4n) is 2.67. The molecule has 0 amide bonds. The van der Waals surface area contributed by atoms with Crippen molar-refractivity contribution in [3.8, 4) is 0 Å². The van der Waals surface area contributed by atoms with Gasteiger partial charge in [0.1, 0.15) is 0 Å². The first kappa shape index (κ1) is 18.0. The lowest BCUT2D eigenvalue weighted by molar-refractivity contribution is 0.413. The predicted octanol–water partition coefficient (Wildman–Crippen LogP) is 6.22. The van der Waals surface area contributed by atoms with E-state index in [0.29, 0.717) is 5.92 Å². The highest BCUT2D eigenvalue weighted by molar-refractivity contribution is 7.99. The van der Waals surface area contributed by atoms with Crippen LogP contribution in [0.3, 0.4) is 0 Å². The highest BCUT2D eigenvalue weighted by Gasteiger charge is 2.29. The monoisotopic (exact) mass is 328 g/mol. The molecule has 1 heterocycles. The molecule has 0 spiro atoms. The summed E-state index contributed by atoms with van der Waals surface area (Å²) < 4.78 is 0. The van der Waals surface area contributed by atoms with Crippen molar-refractivity contribution in [2.45, 2.75) is 75.3 Å². The summed E-state index contributed by atoms with van der Waals surface area (Å²) in [5, 5.41) is 0.853. The van der Waals surface area contributed by atoms with Crippen LogP contribution >= 0.6 is 11.8 Å². The lowest BCUT2D eigenvalue weighted by atomic mass is 9.77. The van der Waals surface area contributed by atoms with Gasteiger partial charge in [-0.25, -0.2) is 9.97 Å². The third-order valence-electron chi connectivity index (χ3n) is 5.02. The van der Waals surface area contributed by atoms with Gasteiger partial charge in [-0.2, -0.15) is 0 Å². The largest absolute Gasteiger partial charge is 0.231 e. The van der Waals surface area contributed by atoms with Crippen molar-refractivity contribution in [2.24, 2.45) is 0 Å². The average Bonchev–Trinajstić information content (AvgIpc) is 2.61. The van der Waals surface area contributed by atoms with Gasteiger partial charge in [-0.1, -0.05) is 52.8 Å². The molecule has 124 valence electrons. The zero-order valence-corrected chi connectivity index (χ0v) is 15.8. The van der Waals surface area contributed by atoms with Crippen molar-refractivity contribution in [3.63, 3.8) is 0 Å². The third-order valence-corrected chi connectivity index (χ3v) is 5.91. The number of rotatable bonds is 7. The van der Waals surface area contributed by atoms with Crippen LogP contribution < -0.4 is 0 Å². The molecule has 1 atom stereocenters. The average molecular weight is 329 g/mol. The molecular formula is C20H28N2S. The van der Waals surface area contributed by atoms with Gasteiger partial charge in [-0.15, -0.1) is 0 Å². The molecule has 1 unspecified atom stereocenters. The van der Waals surface area contributed by atoms with Gasteiger partial charge in [-0.05, 0) is 54.6 Å². The molecule has 1 aromatic heterocycles. The predicted molar refractivity (Wildman–Crippen MR) is 99.2 cm³/mol.